The lowest BCUT2D eigenvalue weighted by Crippen LogP contribution is -2.38. The van der Waals surface area contributed by atoms with E-state index in [4.69, 9.17) is 4.74 Å². The summed E-state index contributed by atoms with van der Waals surface area (Å²) in [7, 11) is 1.62. The minimum Gasteiger partial charge on any atom is -0.497 e. The smallest absolute Gasteiger partial charge is 0.434 e. The fourth-order valence-electron chi connectivity index (χ4n) is 4.81. The van der Waals surface area contributed by atoms with Crippen molar-refractivity contribution >= 4 is 16.8 Å². The number of benzene rings is 2. The van der Waals surface area contributed by atoms with Gasteiger partial charge in [-0.15, -0.1) is 0 Å². The number of aromatic nitrogens is 3. The summed E-state index contributed by atoms with van der Waals surface area (Å²) < 4.78 is 48.3. The van der Waals surface area contributed by atoms with Crippen molar-refractivity contribution in [1.82, 2.24) is 19.7 Å². The number of alkyl halides is 3. The van der Waals surface area contributed by atoms with Crippen LogP contribution in [0.3, 0.4) is 0 Å². The zero-order valence-corrected chi connectivity index (χ0v) is 19.4. The van der Waals surface area contributed by atoms with E-state index in [1.165, 1.54) is 4.90 Å². The van der Waals surface area contributed by atoms with Crippen LogP contribution < -0.4 is 4.74 Å². The highest BCUT2D eigenvalue weighted by Crippen LogP contribution is 2.37. The maximum Gasteiger partial charge on any atom is 0.434 e. The lowest BCUT2D eigenvalue weighted by atomic mass is 9.89. The highest BCUT2D eigenvalue weighted by atomic mass is 19.4. The second kappa shape index (κ2) is 8.79. The third-order valence-corrected chi connectivity index (χ3v) is 6.69. The van der Waals surface area contributed by atoms with Crippen LogP contribution in [-0.2, 0) is 6.18 Å². The number of carbonyl (C=O) groups is 1. The number of aryl methyl sites for hydroxylation is 1. The van der Waals surface area contributed by atoms with Gasteiger partial charge in [-0.2, -0.15) is 18.3 Å². The third-order valence-electron chi connectivity index (χ3n) is 6.69. The molecule has 1 aliphatic heterocycles. The summed E-state index contributed by atoms with van der Waals surface area (Å²) >= 11 is 0. The van der Waals surface area contributed by atoms with Gasteiger partial charge in [-0.05, 0) is 61.6 Å². The van der Waals surface area contributed by atoms with Crippen molar-refractivity contribution in [3.63, 3.8) is 0 Å². The summed E-state index contributed by atoms with van der Waals surface area (Å²) in [6.45, 7) is 2.59. The van der Waals surface area contributed by atoms with E-state index in [9.17, 15) is 18.0 Å². The van der Waals surface area contributed by atoms with E-state index in [-0.39, 0.29) is 11.6 Å². The van der Waals surface area contributed by atoms with Crippen LogP contribution >= 0.6 is 0 Å². The predicted octanol–water partition coefficient (Wildman–Crippen LogP) is 5.71. The van der Waals surface area contributed by atoms with Gasteiger partial charge in [0.2, 0.25) is 0 Å². The van der Waals surface area contributed by atoms with Crippen LogP contribution in [0.2, 0.25) is 0 Å². The number of fused-ring (bicyclic) bond motifs is 1. The van der Waals surface area contributed by atoms with Crippen molar-refractivity contribution in [2.75, 3.05) is 20.2 Å². The van der Waals surface area contributed by atoms with E-state index in [2.05, 4.69) is 10.1 Å². The molecule has 0 saturated carbocycles. The molecule has 5 rings (SSSR count). The topological polar surface area (TPSA) is 63.1 Å². The molecule has 1 N–H and O–H groups in total. The number of rotatable bonds is 4. The van der Waals surface area contributed by atoms with Crippen molar-refractivity contribution in [3.8, 4) is 11.4 Å². The molecule has 0 aliphatic carbocycles. The molecule has 0 atom stereocenters. The van der Waals surface area contributed by atoms with E-state index in [0.29, 0.717) is 25.9 Å². The number of methoxy groups -OCH3 is 1. The lowest BCUT2D eigenvalue weighted by molar-refractivity contribution is -0.143. The zero-order valence-electron chi connectivity index (χ0n) is 19.4. The number of hydrogen-bond donors (Lipinski definition) is 1. The first kappa shape index (κ1) is 23.0. The van der Waals surface area contributed by atoms with Gasteiger partial charge in [-0.1, -0.05) is 17.7 Å². The minimum absolute atomic E-state index is 0.192. The number of piperidine rings is 1. The van der Waals surface area contributed by atoms with E-state index in [1.807, 2.05) is 31.3 Å². The lowest BCUT2D eigenvalue weighted by Gasteiger charge is -2.32. The standard InChI is InChI=1S/C26H25F3N4O2/c1-16-3-5-18(6-4-16)33-24(26(27,28)29)22(15-31-33)25(34)32-11-9-17(10-12-32)21-14-30-23-8-7-19(35-2)13-20(21)23/h3-8,13-15,17,30H,9-12H2,1-2H3. The molecule has 0 spiro atoms. The fourth-order valence-corrected chi connectivity index (χ4v) is 4.81. The number of H-pyrrole nitrogens is 1. The number of aromatic amines is 1. The van der Waals surface area contributed by atoms with Gasteiger partial charge in [0.15, 0.2) is 5.69 Å². The maximum absolute atomic E-state index is 14.0. The molecule has 9 heteroatoms. The molecule has 0 radical (unpaired) electrons. The molecule has 0 bridgehead atoms. The van der Waals surface area contributed by atoms with Crippen LogP contribution in [0.25, 0.3) is 16.6 Å². The average molecular weight is 483 g/mol. The Hall–Kier alpha value is -3.75. The van der Waals surface area contributed by atoms with Gasteiger partial charge in [-0.25, -0.2) is 4.68 Å². The minimum atomic E-state index is -4.73. The van der Waals surface area contributed by atoms with Crippen molar-refractivity contribution < 1.29 is 22.7 Å². The number of amides is 1. The Bertz CT molecular complexity index is 1360. The van der Waals surface area contributed by atoms with Crippen LogP contribution in [0.1, 0.15) is 45.9 Å². The molecule has 1 aliphatic rings. The van der Waals surface area contributed by atoms with Gasteiger partial charge >= 0.3 is 6.18 Å². The Morgan fingerprint density at radius 1 is 1.11 bits per heavy atom. The van der Waals surface area contributed by atoms with Gasteiger partial charge in [0.25, 0.3) is 5.91 Å². The molecule has 35 heavy (non-hydrogen) atoms. The molecule has 182 valence electrons. The van der Waals surface area contributed by atoms with E-state index in [0.717, 1.165) is 38.7 Å². The van der Waals surface area contributed by atoms with Crippen LogP contribution in [0.15, 0.2) is 54.9 Å². The molecule has 6 nitrogen and oxygen atoms in total. The molecule has 2 aromatic carbocycles. The van der Waals surface area contributed by atoms with E-state index < -0.39 is 23.3 Å². The van der Waals surface area contributed by atoms with Crippen LogP contribution in [-0.4, -0.2) is 45.8 Å². The Kier molecular flexibility index (Phi) is 5.78. The van der Waals surface area contributed by atoms with E-state index >= 15 is 0 Å². The molecular formula is C26H25F3N4O2. The number of nitrogens with one attached hydrogen (secondary N) is 1. The molecule has 0 unspecified atom stereocenters. The monoisotopic (exact) mass is 482 g/mol. The fraction of sp³-hybridized carbons (Fsp3) is 0.308. The predicted molar refractivity (Wildman–Crippen MR) is 126 cm³/mol. The molecule has 4 aromatic rings. The van der Waals surface area contributed by atoms with Crippen LogP contribution in [0.4, 0.5) is 13.2 Å². The first-order chi connectivity index (χ1) is 16.8. The molecular weight excluding hydrogens is 457 g/mol. The summed E-state index contributed by atoms with van der Waals surface area (Å²) in [4.78, 5) is 18.0. The summed E-state index contributed by atoms with van der Waals surface area (Å²) in [5, 5.41) is 5.00. The number of nitrogens with zero attached hydrogens (tertiary/aromatic N) is 3. The second-order valence-corrected chi connectivity index (χ2v) is 8.87. The van der Waals surface area contributed by atoms with Crippen molar-refractivity contribution in [2.45, 2.75) is 31.9 Å². The molecule has 1 fully saturated rings. The maximum atomic E-state index is 14.0. The van der Waals surface area contributed by atoms with Gasteiger partial charge in [0, 0.05) is 30.2 Å². The van der Waals surface area contributed by atoms with Gasteiger partial charge in [0.05, 0.1) is 24.6 Å². The van der Waals surface area contributed by atoms with Crippen molar-refractivity contribution in [2.24, 2.45) is 0 Å². The Balaban J connectivity index is 1.38. The summed E-state index contributed by atoms with van der Waals surface area (Å²) in [6.07, 6.45) is -0.414. The van der Waals surface area contributed by atoms with Crippen LogP contribution in [0.5, 0.6) is 5.75 Å². The van der Waals surface area contributed by atoms with Gasteiger partial charge in [0.1, 0.15) is 5.75 Å². The third kappa shape index (κ3) is 4.26. The molecule has 3 heterocycles. The van der Waals surface area contributed by atoms with Gasteiger partial charge in [-0.3, -0.25) is 4.79 Å². The normalized spacial score (nSPS) is 15.1. The Morgan fingerprint density at radius 2 is 1.83 bits per heavy atom. The average Bonchev–Trinajstić information content (AvgIpc) is 3.48. The highest BCUT2D eigenvalue weighted by Gasteiger charge is 2.42. The second-order valence-electron chi connectivity index (χ2n) is 8.87. The number of halogens is 3. The molecule has 2 aromatic heterocycles. The first-order valence-electron chi connectivity index (χ1n) is 11.4. The number of carbonyl (C=O) groups excluding carboxylic acids is 1. The van der Waals surface area contributed by atoms with Crippen molar-refractivity contribution in [3.05, 3.63) is 77.2 Å². The van der Waals surface area contributed by atoms with Gasteiger partial charge < -0.3 is 14.6 Å². The molecule has 1 amide bonds. The summed E-state index contributed by atoms with van der Waals surface area (Å²) in [6, 6.07) is 12.4. The zero-order chi connectivity index (χ0) is 24.7. The number of likely N-dealkylation sites (tertiary alicyclic amines) is 1. The summed E-state index contributed by atoms with van der Waals surface area (Å²) in [5.41, 5.74) is 1.84. The quantitative estimate of drug-likeness (QED) is 0.405. The van der Waals surface area contributed by atoms with Crippen molar-refractivity contribution in [1.29, 1.82) is 0 Å². The largest absolute Gasteiger partial charge is 0.497 e. The SMILES string of the molecule is COc1ccc2[nH]cc(C3CCN(C(=O)c4cnn(-c5ccc(C)cc5)c4C(F)(F)F)CC3)c2c1. The number of hydrogen-bond acceptors (Lipinski definition) is 3. The number of ether oxygens (including phenoxy) is 1. The molecule has 1 saturated heterocycles. The highest BCUT2D eigenvalue weighted by molar-refractivity contribution is 5.95. The Morgan fingerprint density at radius 3 is 2.49 bits per heavy atom. The van der Waals surface area contributed by atoms with E-state index in [1.54, 1.807) is 31.4 Å². The summed E-state index contributed by atoms with van der Waals surface area (Å²) in [5.74, 6) is 0.309. The first-order valence-corrected chi connectivity index (χ1v) is 11.4. The Labute approximate surface area is 200 Å². The van der Waals surface area contributed by atoms with Crippen LogP contribution in [0, 0.1) is 6.92 Å².